The molecule has 0 spiro atoms. The maximum Gasteiger partial charge on any atom is 0.219 e. The van der Waals surface area contributed by atoms with Gasteiger partial charge in [0.25, 0.3) is 0 Å². The summed E-state index contributed by atoms with van der Waals surface area (Å²) in [6.07, 6.45) is -1.38. The van der Waals surface area contributed by atoms with E-state index in [0.717, 1.165) is 5.82 Å². The van der Waals surface area contributed by atoms with E-state index in [1.165, 1.54) is 6.66 Å². The lowest BCUT2D eigenvalue weighted by Crippen LogP contribution is -2.35. The predicted octanol–water partition coefficient (Wildman–Crippen LogP) is 1.61. The van der Waals surface area contributed by atoms with Gasteiger partial charge >= 0.3 is 0 Å². The highest BCUT2D eigenvalue weighted by Crippen LogP contribution is 2.37. The second-order valence-electron chi connectivity index (χ2n) is 4.42. The van der Waals surface area contributed by atoms with Crippen LogP contribution >= 0.6 is 7.37 Å². The van der Waals surface area contributed by atoms with Crippen LogP contribution in [0.3, 0.4) is 0 Å². The van der Waals surface area contributed by atoms with Crippen molar-refractivity contribution in [2.24, 2.45) is 0 Å². The summed E-state index contributed by atoms with van der Waals surface area (Å²) in [4.78, 5) is 9.27. The van der Waals surface area contributed by atoms with E-state index in [2.05, 4.69) is 0 Å². The smallest absolute Gasteiger partial charge is 0.219 e. The largest absolute Gasteiger partial charge is 0.376 e. The Morgan fingerprint density at radius 1 is 1.65 bits per heavy atom. The first kappa shape index (κ1) is 13.2. The van der Waals surface area contributed by atoms with Crippen molar-refractivity contribution in [1.29, 1.82) is 0 Å². The highest BCUT2D eigenvalue weighted by Gasteiger charge is 2.37. The lowest BCUT2D eigenvalue weighted by atomic mass is 10.1. The molecule has 0 aromatic heterocycles. The van der Waals surface area contributed by atoms with E-state index in [-0.39, 0.29) is 18.3 Å². The summed E-state index contributed by atoms with van der Waals surface area (Å²) in [5.74, 6) is 1.03. The van der Waals surface area contributed by atoms with Crippen molar-refractivity contribution in [2.45, 2.75) is 38.3 Å². The van der Waals surface area contributed by atoms with Crippen molar-refractivity contribution < 1.29 is 25.0 Å². The van der Waals surface area contributed by atoms with Crippen LogP contribution in [0.15, 0.2) is 11.9 Å². The van der Waals surface area contributed by atoms with Crippen LogP contribution in [0, 0.1) is 0 Å². The Hall–Kier alpha value is -0.190. The van der Waals surface area contributed by atoms with Gasteiger partial charge in [-0.2, -0.15) is 0 Å². The molecule has 4 atom stereocenters. The predicted molar refractivity (Wildman–Crippen MR) is 65.4 cm³/mol. The molecule has 1 aliphatic heterocycles. The van der Waals surface area contributed by atoms with Crippen molar-refractivity contribution >= 4 is 7.37 Å². The average molecular weight is 265 g/mol. The third kappa shape index (κ3) is 4.90. The first-order chi connectivity index (χ1) is 8.24. The van der Waals surface area contributed by atoms with Crippen molar-refractivity contribution in [3.05, 3.63) is 11.9 Å². The molecule has 1 fully saturated rings. The zero-order valence-corrected chi connectivity index (χ0v) is 11.5. The summed E-state index contributed by atoms with van der Waals surface area (Å²) >= 11 is 0. The van der Waals surface area contributed by atoms with E-state index in [1.807, 2.05) is 13.8 Å². The summed E-state index contributed by atoms with van der Waals surface area (Å²) in [7, 11) is -1.84. The normalized spacial score (nSPS) is 34.8. The monoisotopic (exact) mass is 265 g/mol. The fourth-order valence-corrected chi connectivity index (χ4v) is 2.04. The van der Waals surface area contributed by atoms with Crippen molar-refractivity contribution in [2.75, 3.05) is 20.4 Å². The van der Waals surface area contributed by atoms with E-state index >= 15 is 0 Å². The van der Waals surface area contributed by atoms with Crippen LogP contribution < -0.4 is 0 Å². The van der Waals surface area contributed by atoms with Crippen LogP contribution in [0.5, 0.6) is 0 Å². The van der Waals surface area contributed by atoms with E-state index in [9.17, 15) is 9.46 Å². The Kier molecular flexibility index (Phi) is 4.77. The Labute approximate surface area is 104 Å². The van der Waals surface area contributed by atoms with Crippen LogP contribution in [-0.4, -0.2) is 49.7 Å². The number of rotatable bonds is 5. The summed E-state index contributed by atoms with van der Waals surface area (Å²) < 4.78 is 35.5. The Morgan fingerprint density at radius 2 is 2.29 bits per heavy atom. The lowest BCUT2D eigenvalue weighted by molar-refractivity contribution is -0.0659. The van der Waals surface area contributed by atoms with E-state index in [1.54, 1.807) is 7.11 Å². The molecule has 0 saturated carbocycles. The molecule has 1 saturated heterocycles. The van der Waals surface area contributed by atoms with E-state index < -0.39 is 19.6 Å². The van der Waals surface area contributed by atoms with Gasteiger partial charge < -0.3 is 19.1 Å². The molecule has 5 nitrogen and oxygen atoms in total. The Balaban J connectivity index is 2.86. The van der Waals surface area contributed by atoms with Gasteiger partial charge in [-0.1, -0.05) is 0 Å². The minimum absolute atomic E-state index is 0.0338. The molecule has 1 aliphatic rings. The summed E-state index contributed by atoms with van der Waals surface area (Å²) in [6.45, 7) is 5.26. The van der Waals surface area contributed by atoms with Gasteiger partial charge in [-0.15, -0.1) is 0 Å². The van der Waals surface area contributed by atoms with Crippen LogP contribution in [0.4, 0.5) is 0 Å². The maximum atomic E-state index is 11.3. The second-order valence-corrected chi connectivity index (χ2v) is 6.56. The summed E-state index contributed by atoms with van der Waals surface area (Å²) in [5.41, 5.74) is 0. The molecule has 1 N–H and O–H groups in total. The number of methoxy groups -OCH3 is 1. The van der Waals surface area contributed by atoms with Gasteiger partial charge in [0.15, 0.2) is 0 Å². The van der Waals surface area contributed by atoms with Gasteiger partial charge in [0.2, 0.25) is 7.37 Å². The van der Waals surface area contributed by atoms with Crippen LogP contribution in [0.1, 0.15) is 15.2 Å². The standard InChI is InChI=1S/C11H21O5P/c1-8(2)16-11-9(5-6-17(4,12)13)15-7-10(11)14-3/h5-6,8-11H,7H2,1-4H3,(H,12,13)/b6-5+/t9-,10+,11-/m1/s1/i5D. The zero-order valence-electron chi connectivity index (χ0n) is 11.6. The van der Waals surface area contributed by atoms with Crippen molar-refractivity contribution in [1.82, 2.24) is 0 Å². The summed E-state index contributed by atoms with van der Waals surface area (Å²) in [5, 5.41) is 0. The van der Waals surface area contributed by atoms with Crippen molar-refractivity contribution in [3.8, 4) is 0 Å². The number of hydrogen-bond donors (Lipinski definition) is 1. The van der Waals surface area contributed by atoms with Gasteiger partial charge in [0.05, 0.1) is 14.1 Å². The molecule has 0 aliphatic carbocycles. The van der Waals surface area contributed by atoms with Crippen LogP contribution in [0.2, 0.25) is 0 Å². The molecule has 1 unspecified atom stereocenters. The number of hydrogen-bond acceptors (Lipinski definition) is 4. The number of ether oxygens (including phenoxy) is 3. The Morgan fingerprint density at radius 3 is 2.76 bits per heavy atom. The highest BCUT2D eigenvalue weighted by molar-refractivity contribution is 7.60. The van der Waals surface area contributed by atoms with Gasteiger partial charge in [-0.3, -0.25) is 4.57 Å². The third-order valence-corrected chi connectivity index (χ3v) is 2.94. The Bertz CT molecular complexity index is 351. The average Bonchev–Trinajstić information content (AvgIpc) is 2.57. The minimum atomic E-state index is -3.39. The molecule has 0 aromatic carbocycles. The fraction of sp³-hybridized carbons (Fsp3) is 0.818. The molecule has 100 valence electrons. The second kappa shape index (κ2) is 6.12. The molecular weight excluding hydrogens is 243 g/mol. The first-order valence-electron chi connectivity index (χ1n) is 6.03. The molecule has 17 heavy (non-hydrogen) atoms. The van der Waals surface area contributed by atoms with Crippen LogP contribution in [-0.2, 0) is 18.8 Å². The fourth-order valence-electron chi connectivity index (χ4n) is 1.61. The minimum Gasteiger partial charge on any atom is -0.376 e. The van der Waals surface area contributed by atoms with Gasteiger partial charge in [-0.05, 0) is 25.7 Å². The molecule has 1 rings (SSSR count). The molecule has 0 aromatic rings. The molecule has 0 radical (unpaired) electrons. The van der Waals surface area contributed by atoms with Crippen molar-refractivity contribution in [3.63, 3.8) is 0 Å². The zero-order chi connectivity index (χ0) is 13.9. The van der Waals surface area contributed by atoms with Crippen LogP contribution in [0.25, 0.3) is 0 Å². The summed E-state index contributed by atoms with van der Waals surface area (Å²) in [6, 6.07) is -0.0338. The van der Waals surface area contributed by atoms with E-state index in [0.29, 0.717) is 6.61 Å². The molecular formula is C11H21O5P. The maximum absolute atomic E-state index is 11.3. The quantitative estimate of drug-likeness (QED) is 0.765. The molecule has 0 bridgehead atoms. The third-order valence-electron chi connectivity index (χ3n) is 2.32. The van der Waals surface area contributed by atoms with Gasteiger partial charge in [-0.25, -0.2) is 0 Å². The highest BCUT2D eigenvalue weighted by atomic mass is 31.2. The molecule has 6 heteroatoms. The molecule has 0 amide bonds. The van der Waals surface area contributed by atoms with Gasteiger partial charge in [0.1, 0.15) is 18.3 Å². The van der Waals surface area contributed by atoms with Gasteiger partial charge in [0, 0.05) is 13.8 Å². The van der Waals surface area contributed by atoms with E-state index in [4.69, 9.17) is 15.6 Å². The lowest BCUT2D eigenvalue weighted by Gasteiger charge is -2.23. The first-order valence-corrected chi connectivity index (χ1v) is 7.71. The molecule has 1 heterocycles. The topological polar surface area (TPSA) is 65.0 Å². The SMILES string of the molecule is [2H]/C(=C\P(C)(=O)O)[C@H]1OC[C@H](OC)[C@@H]1OC(C)C.